The number of amides is 1. The van der Waals surface area contributed by atoms with Crippen LogP contribution in [0.2, 0.25) is 0 Å². The van der Waals surface area contributed by atoms with Crippen molar-refractivity contribution in [3.05, 3.63) is 17.9 Å². The van der Waals surface area contributed by atoms with Gasteiger partial charge in [-0.1, -0.05) is 0 Å². The molecule has 0 aliphatic rings. The Hall–Kier alpha value is -1.38. The summed E-state index contributed by atoms with van der Waals surface area (Å²) in [6.07, 6.45) is 0.452. The van der Waals surface area contributed by atoms with Gasteiger partial charge in [-0.15, -0.1) is 0 Å². The van der Waals surface area contributed by atoms with Gasteiger partial charge in [0.05, 0.1) is 0 Å². The Morgan fingerprint density at radius 2 is 1.95 bits per heavy atom. The molecule has 1 rings (SSSR count). The summed E-state index contributed by atoms with van der Waals surface area (Å²) in [5.74, 6) is -0.416. The number of rotatable bonds is 7. The average Bonchev–Trinajstić information content (AvgIpc) is 2.88. The predicted octanol–water partition coefficient (Wildman–Crippen LogP) is 0.763. The van der Waals surface area contributed by atoms with Gasteiger partial charge < -0.3 is 14.4 Å². The Bertz CT molecular complexity index is 577. The fourth-order valence-electron chi connectivity index (χ4n) is 1.73. The number of hydrogen-bond donors (Lipinski definition) is 1. The number of hydrogen-bond acceptors (Lipinski definition) is 5. The summed E-state index contributed by atoms with van der Waals surface area (Å²) in [7, 11) is -0.917. The minimum absolute atomic E-state index is 0.0189. The molecule has 1 aromatic heterocycles. The quantitative estimate of drug-likeness (QED) is 0.801. The summed E-state index contributed by atoms with van der Waals surface area (Å²) in [6.45, 7) is 4.05. The third-order valence-corrected chi connectivity index (χ3v) is 4.66. The fourth-order valence-corrected chi connectivity index (χ4v) is 2.53. The second kappa shape index (κ2) is 7.06. The molecule has 0 aromatic carbocycles. The minimum atomic E-state index is -3.70. The number of aliphatic hydroxyl groups is 1. The van der Waals surface area contributed by atoms with E-state index in [9.17, 15) is 13.2 Å². The smallest absolute Gasteiger partial charge is 0.289 e. The third kappa shape index (κ3) is 4.05. The maximum absolute atomic E-state index is 12.3. The van der Waals surface area contributed by atoms with E-state index in [0.29, 0.717) is 13.0 Å². The first-order valence-electron chi connectivity index (χ1n) is 6.66. The van der Waals surface area contributed by atoms with Crippen LogP contribution >= 0.6 is 0 Å². The predicted molar refractivity (Wildman–Crippen MR) is 77.5 cm³/mol. The van der Waals surface area contributed by atoms with Crippen LogP contribution in [0.25, 0.3) is 0 Å². The molecule has 0 atom stereocenters. The van der Waals surface area contributed by atoms with Crippen molar-refractivity contribution in [2.45, 2.75) is 31.4 Å². The van der Waals surface area contributed by atoms with E-state index < -0.39 is 15.9 Å². The molecule has 0 saturated heterocycles. The molecule has 0 saturated carbocycles. The van der Waals surface area contributed by atoms with Crippen LogP contribution in [0.5, 0.6) is 0 Å². The summed E-state index contributed by atoms with van der Waals surface area (Å²) < 4.78 is 30.1. The lowest BCUT2D eigenvalue weighted by Crippen LogP contribution is -2.37. The van der Waals surface area contributed by atoms with Crippen LogP contribution in [0, 0.1) is 0 Å². The summed E-state index contributed by atoms with van der Waals surface area (Å²) >= 11 is 0. The zero-order chi connectivity index (χ0) is 16.2. The van der Waals surface area contributed by atoms with Crippen molar-refractivity contribution in [2.24, 2.45) is 0 Å². The van der Waals surface area contributed by atoms with Gasteiger partial charge >= 0.3 is 0 Å². The maximum Gasteiger partial charge on any atom is 0.289 e. The summed E-state index contributed by atoms with van der Waals surface area (Å²) in [4.78, 5) is 13.9. The van der Waals surface area contributed by atoms with E-state index in [1.54, 1.807) is 0 Å². The highest BCUT2D eigenvalue weighted by atomic mass is 32.2. The van der Waals surface area contributed by atoms with Gasteiger partial charge in [-0.2, -0.15) is 0 Å². The Balaban J connectivity index is 3.01. The molecular weight excluding hydrogens is 296 g/mol. The Kier molecular flexibility index (Phi) is 5.94. The van der Waals surface area contributed by atoms with Crippen LogP contribution in [0.1, 0.15) is 30.8 Å². The standard InChI is InChI=1S/C13H22N2O5S/c1-10(2)15(8-5-9-16)13(17)11-6-7-12(20-11)21(18,19)14(3)4/h6-7,10,16H,5,8-9H2,1-4H3. The van der Waals surface area contributed by atoms with Crippen LogP contribution in [0.3, 0.4) is 0 Å². The van der Waals surface area contributed by atoms with E-state index in [4.69, 9.17) is 9.52 Å². The van der Waals surface area contributed by atoms with Gasteiger partial charge in [-0.25, -0.2) is 12.7 Å². The van der Waals surface area contributed by atoms with E-state index in [-0.39, 0.29) is 23.5 Å². The summed E-state index contributed by atoms with van der Waals surface area (Å²) in [5.41, 5.74) is 0. The van der Waals surface area contributed by atoms with Gasteiger partial charge in [0.1, 0.15) is 0 Å². The lowest BCUT2D eigenvalue weighted by Gasteiger charge is -2.25. The van der Waals surface area contributed by atoms with Crippen molar-refractivity contribution in [3.63, 3.8) is 0 Å². The highest BCUT2D eigenvalue weighted by Crippen LogP contribution is 2.19. The zero-order valence-corrected chi connectivity index (χ0v) is 13.6. The molecule has 8 heteroatoms. The van der Waals surface area contributed by atoms with Crippen molar-refractivity contribution in [2.75, 3.05) is 27.2 Å². The second-order valence-corrected chi connectivity index (χ2v) is 7.16. The van der Waals surface area contributed by atoms with Crippen molar-refractivity contribution in [1.29, 1.82) is 0 Å². The minimum Gasteiger partial charge on any atom is -0.438 e. The number of aliphatic hydroxyl groups excluding tert-OH is 1. The largest absolute Gasteiger partial charge is 0.438 e. The molecule has 1 heterocycles. The third-order valence-electron chi connectivity index (χ3n) is 2.97. The molecule has 0 unspecified atom stereocenters. The summed E-state index contributed by atoms with van der Waals surface area (Å²) in [6, 6.07) is 2.54. The summed E-state index contributed by atoms with van der Waals surface area (Å²) in [5, 5.41) is 8.61. The number of furan rings is 1. The van der Waals surface area contributed by atoms with Crippen LogP contribution in [0.4, 0.5) is 0 Å². The van der Waals surface area contributed by atoms with Gasteiger partial charge in [0, 0.05) is 33.3 Å². The van der Waals surface area contributed by atoms with Crippen LogP contribution in [0.15, 0.2) is 21.6 Å². The maximum atomic E-state index is 12.3. The Labute approximate surface area is 125 Å². The lowest BCUT2D eigenvalue weighted by atomic mass is 10.2. The van der Waals surface area contributed by atoms with Gasteiger partial charge in [0.15, 0.2) is 5.76 Å². The first-order chi connectivity index (χ1) is 9.71. The molecule has 1 aromatic rings. The van der Waals surface area contributed by atoms with Gasteiger partial charge in [-0.3, -0.25) is 4.79 Å². The first kappa shape index (κ1) is 17.7. The molecule has 21 heavy (non-hydrogen) atoms. The van der Waals surface area contributed by atoms with E-state index in [1.807, 2.05) is 13.8 Å². The number of sulfonamides is 1. The van der Waals surface area contributed by atoms with E-state index in [2.05, 4.69) is 0 Å². The number of carbonyl (C=O) groups is 1. The normalized spacial score (nSPS) is 12.1. The van der Waals surface area contributed by atoms with E-state index in [0.717, 1.165) is 4.31 Å². The molecule has 0 radical (unpaired) electrons. The van der Waals surface area contributed by atoms with Crippen molar-refractivity contribution < 1.29 is 22.7 Å². The molecule has 120 valence electrons. The highest BCUT2D eigenvalue weighted by Gasteiger charge is 2.26. The molecule has 0 aliphatic carbocycles. The zero-order valence-electron chi connectivity index (χ0n) is 12.7. The molecule has 1 N–H and O–H groups in total. The van der Waals surface area contributed by atoms with Crippen LogP contribution in [-0.4, -0.2) is 61.9 Å². The fraction of sp³-hybridized carbons (Fsp3) is 0.615. The van der Waals surface area contributed by atoms with Gasteiger partial charge in [0.25, 0.3) is 15.9 Å². The highest BCUT2D eigenvalue weighted by molar-refractivity contribution is 7.88. The number of nitrogens with zero attached hydrogens (tertiary/aromatic N) is 2. The van der Waals surface area contributed by atoms with Crippen molar-refractivity contribution >= 4 is 15.9 Å². The van der Waals surface area contributed by atoms with E-state index >= 15 is 0 Å². The SMILES string of the molecule is CC(C)N(CCCO)C(=O)c1ccc(S(=O)(=O)N(C)C)o1. The molecule has 1 amide bonds. The second-order valence-electron chi connectivity index (χ2n) is 5.08. The van der Waals surface area contributed by atoms with Gasteiger partial charge in [0.2, 0.25) is 5.09 Å². The van der Waals surface area contributed by atoms with Gasteiger partial charge in [-0.05, 0) is 32.4 Å². The van der Waals surface area contributed by atoms with Crippen molar-refractivity contribution in [1.82, 2.24) is 9.21 Å². The van der Waals surface area contributed by atoms with Crippen LogP contribution in [-0.2, 0) is 10.0 Å². The first-order valence-corrected chi connectivity index (χ1v) is 8.10. The molecule has 0 bridgehead atoms. The average molecular weight is 318 g/mol. The lowest BCUT2D eigenvalue weighted by molar-refractivity contribution is 0.0654. The molecule has 0 spiro atoms. The molecule has 0 fully saturated rings. The monoisotopic (exact) mass is 318 g/mol. The topological polar surface area (TPSA) is 91.1 Å². The number of carbonyl (C=O) groups excluding carboxylic acids is 1. The molecule has 0 aliphatic heterocycles. The Morgan fingerprint density at radius 1 is 1.33 bits per heavy atom. The van der Waals surface area contributed by atoms with Crippen LogP contribution < -0.4 is 0 Å². The molecular formula is C13H22N2O5S. The van der Waals surface area contributed by atoms with E-state index in [1.165, 1.54) is 31.1 Å². The Morgan fingerprint density at radius 3 is 2.43 bits per heavy atom. The molecule has 7 nitrogen and oxygen atoms in total. The van der Waals surface area contributed by atoms with Crippen molar-refractivity contribution in [3.8, 4) is 0 Å².